The van der Waals surface area contributed by atoms with Crippen molar-refractivity contribution in [3.63, 3.8) is 0 Å². The molecule has 1 rings (SSSR count). The summed E-state index contributed by atoms with van der Waals surface area (Å²) in [6.45, 7) is 8.66. The molecule has 0 spiro atoms. The molecule has 1 N–H and O–H groups in total. The Labute approximate surface area is 101 Å². The summed E-state index contributed by atoms with van der Waals surface area (Å²) < 4.78 is 5.17. The minimum atomic E-state index is 0.766. The fourth-order valence-electron chi connectivity index (χ4n) is 2.74. The highest BCUT2D eigenvalue weighted by molar-refractivity contribution is 4.82. The van der Waals surface area contributed by atoms with Crippen LogP contribution in [0.15, 0.2) is 0 Å². The molecule has 1 aliphatic rings. The Balaban J connectivity index is 2.27. The van der Waals surface area contributed by atoms with E-state index >= 15 is 0 Å². The van der Waals surface area contributed by atoms with Crippen molar-refractivity contribution < 1.29 is 4.74 Å². The molecule has 3 nitrogen and oxygen atoms in total. The third-order valence-corrected chi connectivity index (χ3v) is 3.69. The molecule has 0 radical (unpaired) electrons. The lowest BCUT2D eigenvalue weighted by atomic mass is 9.90. The third-order valence-electron chi connectivity index (χ3n) is 3.69. The van der Waals surface area contributed by atoms with E-state index in [4.69, 9.17) is 4.74 Å². The van der Waals surface area contributed by atoms with Crippen molar-refractivity contribution in [2.45, 2.75) is 51.6 Å². The normalized spacial score (nSPS) is 26.2. The standard InChI is InChI=1S/C13H28N2O/c1-4-14-12-6-8-13(9-7-12)15(5-2)10-11-16-3/h12-14H,4-11H2,1-3H3. The molecular weight excluding hydrogens is 200 g/mol. The number of rotatable bonds is 7. The van der Waals surface area contributed by atoms with Crippen LogP contribution in [0.3, 0.4) is 0 Å². The van der Waals surface area contributed by atoms with Crippen molar-refractivity contribution in [2.24, 2.45) is 0 Å². The van der Waals surface area contributed by atoms with E-state index in [0.29, 0.717) is 0 Å². The van der Waals surface area contributed by atoms with Gasteiger partial charge in [-0.1, -0.05) is 13.8 Å². The summed E-state index contributed by atoms with van der Waals surface area (Å²) >= 11 is 0. The average Bonchev–Trinajstić information content (AvgIpc) is 2.32. The van der Waals surface area contributed by atoms with E-state index in [0.717, 1.165) is 38.3 Å². The van der Waals surface area contributed by atoms with Gasteiger partial charge in [-0.05, 0) is 38.8 Å². The van der Waals surface area contributed by atoms with Gasteiger partial charge in [-0.25, -0.2) is 0 Å². The van der Waals surface area contributed by atoms with E-state index in [-0.39, 0.29) is 0 Å². The summed E-state index contributed by atoms with van der Waals surface area (Å²) in [6.07, 6.45) is 5.36. The minimum Gasteiger partial charge on any atom is -0.383 e. The number of hydrogen-bond acceptors (Lipinski definition) is 3. The summed E-state index contributed by atoms with van der Waals surface area (Å²) in [5.41, 5.74) is 0. The first-order valence-corrected chi connectivity index (χ1v) is 6.78. The summed E-state index contributed by atoms with van der Waals surface area (Å²) in [5, 5.41) is 3.56. The molecular formula is C13H28N2O. The highest BCUT2D eigenvalue weighted by Gasteiger charge is 2.24. The van der Waals surface area contributed by atoms with Crippen LogP contribution in [-0.4, -0.2) is 50.3 Å². The zero-order chi connectivity index (χ0) is 11.8. The number of methoxy groups -OCH3 is 1. The lowest BCUT2D eigenvalue weighted by Gasteiger charge is -2.36. The fraction of sp³-hybridized carbons (Fsp3) is 1.00. The van der Waals surface area contributed by atoms with Gasteiger partial charge in [0.25, 0.3) is 0 Å². The molecule has 0 aromatic carbocycles. The highest BCUT2D eigenvalue weighted by Crippen LogP contribution is 2.22. The smallest absolute Gasteiger partial charge is 0.0589 e. The van der Waals surface area contributed by atoms with Gasteiger partial charge in [0.2, 0.25) is 0 Å². The van der Waals surface area contributed by atoms with Crippen LogP contribution in [0.2, 0.25) is 0 Å². The molecule has 0 atom stereocenters. The van der Waals surface area contributed by atoms with Crippen molar-refractivity contribution in [3.8, 4) is 0 Å². The lowest BCUT2D eigenvalue weighted by molar-refractivity contribution is 0.101. The molecule has 0 saturated heterocycles. The Kier molecular flexibility index (Phi) is 7.01. The molecule has 1 saturated carbocycles. The van der Waals surface area contributed by atoms with Gasteiger partial charge >= 0.3 is 0 Å². The van der Waals surface area contributed by atoms with Gasteiger partial charge in [-0.3, -0.25) is 4.90 Å². The molecule has 1 aliphatic carbocycles. The number of ether oxygens (including phenoxy) is 1. The topological polar surface area (TPSA) is 24.5 Å². The van der Waals surface area contributed by atoms with E-state index in [2.05, 4.69) is 24.1 Å². The number of likely N-dealkylation sites (N-methyl/N-ethyl adjacent to an activating group) is 1. The average molecular weight is 228 g/mol. The quantitative estimate of drug-likeness (QED) is 0.720. The van der Waals surface area contributed by atoms with Gasteiger partial charge in [0, 0.05) is 25.7 Å². The largest absolute Gasteiger partial charge is 0.383 e. The molecule has 0 aromatic heterocycles. The second kappa shape index (κ2) is 8.04. The second-order valence-electron chi connectivity index (χ2n) is 4.68. The van der Waals surface area contributed by atoms with Crippen LogP contribution < -0.4 is 5.32 Å². The minimum absolute atomic E-state index is 0.766. The Bertz CT molecular complexity index is 167. The maximum Gasteiger partial charge on any atom is 0.0589 e. The van der Waals surface area contributed by atoms with Crippen LogP contribution in [0.25, 0.3) is 0 Å². The zero-order valence-electron chi connectivity index (χ0n) is 11.2. The van der Waals surface area contributed by atoms with E-state index in [1.165, 1.54) is 25.7 Å². The third kappa shape index (κ3) is 4.40. The van der Waals surface area contributed by atoms with Crippen LogP contribution in [-0.2, 0) is 4.74 Å². The van der Waals surface area contributed by atoms with Crippen LogP contribution in [0.4, 0.5) is 0 Å². The van der Waals surface area contributed by atoms with Crippen molar-refractivity contribution in [1.82, 2.24) is 10.2 Å². The second-order valence-corrected chi connectivity index (χ2v) is 4.68. The molecule has 16 heavy (non-hydrogen) atoms. The van der Waals surface area contributed by atoms with Gasteiger partial charge in [0.15, 0.2) is 0 Å². The van der Waals surface area contributed by atoms with Crippen LogP contribution in [0.1, 0.15) is 39.5 Å². The molecule has 96 valence electrons. The highest BCUT2D eigenvalue weighted by atomic mass is 16.5. The molecule has 0 bridgehead atoms. The van der Waals surface area contributed by atoms with Crippen LogP contribution in [0.5, 0.6) is 0 Å². The summed E-state index contributed by atoms with van der Waals surface area (Å²) in [6, 6.07) is 1.55. The fourth-order valence-corrected chi connectivity index (χ4v) is 2.74. The van der Waals surface area contributed by atoms with Gasteiger partial charge in [-0.15, -0.1) is 0 Å². The Morgan fingerprint density at radius 3 is 2.38 bits per heavy atom. The van der Waals surface area contributed by atoms with Gasteiger partial charge in [0.1, 0.15) is 0 Å². The maximum absolute atomic E-state index is 5.17. The Morgan fingerprint density at radius 1 is 1.19 bits per heavy atom. The van der Waals surface area contributed by atoms with Crippen LogP contribution in [0, 0.1) is 0 Å². The molecule has 0 aromatic rings. The van der Waals surface area contributed by atoms with E-state index < -0.39 is 0 Å². The first kappa shape index (κ1) is 13.9. The van der Waals surface area contributed by atoms with Crippen molar-refractivity contribution in [1.29, 1.82) is 0 Å². The van der Waals surface area contributed by atoms with Crippen molar-refractivity contribution in [3.05, 3.63) is 0 Å². The molecule has 0 amide bonds. The predicted octanol–water partition coefficient (Wildman–Crippen LogP) is 1.88. The molecule has 0 aliphatic heterocycles. The molecule has 0 unspecified atom stereocenters. The number of nitrogens with one attached hydrogen (secondary N) is 1. The molecule has 1 fully saturated rings. The summed E-state index contributed by atoms with van der Waals surface area (Å²) in [5.74, 6) is 0. The molecule has 3 heteroatoms. The van der Waals surface area contributed by atoms with E-state index in [1.54, 1.807) is 7.11 Å². The molecule has 0 heterocycles. The lowest BCUT2D eigenvalue weighted by Crippen LogP contribution is -2.43. The SMILES string of the molecule is CCNC1CCC(N(CC)CCOC)CC1. The Hall–Kier alpha value is -0.120. The van der Waals surface area contributed by atoms with Gasteiger partial charge < -0.3 is 10.1 Å². The summed E-state index contributed by atoms with van der Waals surface area (Å²) in [7, 11) is 1.79. The zero-order valence-corrected chi connectivity index (χ0v) is 11.2. The maximum atomic E-state index is 5.17. The van der Waals surface area contributed by atoms with Crippen molar-refractivity contribution >= 4 is 0 Å². The van der Waals surface area contributed by atoms with Crippen molar-refractivity contribution in [2.75, 3.05) is 33.4 Å². The van der Waals surface area contributed by atoms with Gasteiger partial charge in [-0.2, -0.15) is 0 Å². The van der Waals surface area contributed by atoms with E-state index in [1.807, 2.05) is 0 Å². The summed E-state index contributed by atoms with van der Waals surface area (Å²) in [4.78, 5) is 2.58. The van der Waals surface area contributed by atoms with Gasteiger partial charge in [0.05, 0.1) is 6.61 Å². The van der Waals surface area contributed by atoms with E-state index in [9.17, 15) is 0 Å². The number of hydrogen-bond donors (Lipinski definition) is 1. The first-order chi connectivity index (χ1) is 7.81. The number of nitrogens with zero attached hydrogens (tertiary/aromatic N) is 1. The Morgan fingerprint density at radius 2 is 1.88 bits per heavy atom. The predicted molar refractivity (Wildman–Crippen MR) is 68.8 cm³/mol. The first-order valence-electron chi connectivity index (χ1n) is 6.78. The van der Waals surface area contributed by atoms with Crippen LogP contribution >= 0.6 is 0 Å². The monoisotopic (exact) mass is 228 g/mol.